The molecule has 0 atom stereocenters. The Bertz CT molecular complexity index is 3.25. The van der Waals surface area contributed by atoms with Gasteiger partial charge in [-0.15, -0.1) is 0 Å². The molecule has 0 aromatic rings. The van der Waals surface area contributed by atoms with E-state index in [0.29, 0.717) is 0 Å². The predicted molar refractivity (Wildman–Crippen MR) is 6.34 cm³/mol. The van der Waals surface area contributed by atoms with Crippen LogP contribution >= 0.6 is 0 Å². The minimum Gasteiger partial charge on any atom is -0.221 e. The zero-order valence-electron chi connectivity index (χ0n) is 1.62. The average Bonchev–Trinajstić information content (AvgIpc) is 0.918. The second-order valence-corrected chi connectivity index (χ2v) is 0.0816. The Morgan fingerprint density at radius 3 is 1.25 bits per heavy atom. The van der Waals surface area contributed by atoms with E-state index < -0.39 is 0 Å². The van der Waals surface area contributed by atoms with Crippen molar-refractivity contribution in [3.05, 3.63) is 0 Å². The summed E-state index contributed by atoms with van der Waals surface area (Å²) in [7, 11) is 0. The molecule has 0 amide bonds. The van der Waals surface area contributed by atoms with Crippen molar-refractivity contribution in [1.82, 2.24) is 0 Å². The minimum absolute atomic E-state index is 0. The van der Waals surface area contributed by atoms with Crippen molar-refractivity contribution in [3.8, 4) is 0 Å². The second kappa shape index (κ2) is 10.1. The van der Waals surface area contributed by atoms with Crippen molar-refractivity contribution in [2.45, 2.75) is 0 Å². The Kier molecular flexibility index (Phi) is 22.3. The minimum atomic E-state index is 0. The van der Waals surface area contributed by atoms with Crippen LogP contribution in [0.4, 0.5) is 0 Å². The Morgan fingerprint density at radius 2 is 1.25 bits per heavy atom. The SMILES string of the molecule is OOO.[Ni+2]. The first kappa shape index (κ1) is 8.84. The van der Waals surface area contributed by atoms with E-state index in [1.54, 1.807) is 0 Å². The molecular weight excluding hydrogens is 107 g/mol. The van der Waals surface area contributed by atoms with Crippen LogP contribution in [0.2, 0.25) is 0 Å². The van der Waals surface area contributed by atoms with Crippen molar-refractivity contribution in [2.24, 2.45) is 0 Å². The molecule has 0 saturated heterocycles. The fourth-order valence-electron chi connectivity index (χ4n) is 0. The van der Waals surface area contributed by atoms with E-state index in [0.717, 1.165) is 0 Å². The molecule has 0 bridgehead atoms. The van der Waals surface area contributed by atoms with Gasteiger partial charge in [-0.25, -0.2) is 10.5 Å². The van der Waals surface area contributed by atoms with Crippen LogP contribution in [0.5, 0.6) is 0 Å². The predicted octanol–water partition coefficient (Wildman–Crippen LogP) is -0.0535. The van der Waals surface area contributed by atoms with Crippen molar-refractivity contribution in [1.29, 1.82) is 0 Å². The molecule has 4 heteroatoms. The van der Waals surface area contributed by atoms with Gasteiger partial charge in [0.15, 0.2) is 0 Å². The summed E-state index contributed by atoms with van der Waals surface area (Å²) < 4.78 is 0. The van der Waals surface area contributed by atoms with Crippen LogP contribution in [0.3, 0.4) is 0 Å². The molecule has 0 spiro atoms. The third-order valence-electron chi connectivity index (χ3n) is 0. The molecule has 0 heterocycles. The number of rotatable bonds is 0. The third kappa shape index (κ3) is 32.1. The monoisotopic (exact) mass is 108 g/mol. The summed E-state index contributed by atoms with van der Waals surface area (Å²) in [4.78, 5) is 0. The van der Waals surface area contributed by atoms with Crippen LogP contribution in [0, 0.1) is 0 Å². The van der Waals surface area contributed by atoms with E-state index in [4.69, 9.17) is 10.5 Å². The van der Waals surface area contributed by atoms with Crippen molar-refractivity contribution >= 4 is 0 Å². The van der Waals surface area contributed by atoms with Crippen molar-refractivity contribution < 1.29 is 32.0 Å². The van der Waals surface area contributed by atoms with Gasteiger partial charge in [0.05, 0.1) is 0 Å². The molecule has 0 saturated carbocycles. The summed E-state index contributed by atoms with van der Waals surface area (Å²) in [5.74, 6) is 0. The fourth-order valence-corrected chi connectivity index (χ4v) is 0. The molecule has 3 nitrogen and oxygen atoms in total. The second-order valence-electron chi connectivity index (χ2n) is 0.0816. The smallest absolute Gasteiger partial charge is 0.221 e. The maximum atomic E-state index is 6.62. The summed E-state index contributed by atoms with van der Waals surface area (Å²) in [5.41, 5.74) is 0. The molecule has 0 unspecified atom stereocenters. The van der Waals surface area contributed by atoms with Crippen molar-refractivity contribution in [2.75, 3.05) is 0 Å². The van der Waals surface area contributed by atoms with Gasteiger partial charge in [0.1, 0.15) is 0 Å². The molecule has 0 aliphatic rings. The van der Waals surface area contributed by atoms with E-state index in [9.17, 15) is 0 Å². The molecular formula is H2NiO3+2. The van der Waals surface area contributed by atoms with Gasteiger partial charge in [0, 0.05) is 0 Å². The Balaban J connectivity index is 0. The van der Waals surface area contributed by atoms with Gasteiger partial charge in [0.25, 0.3) is 0 Å². The van der Waals surface area contributed by atoms with Gasteiger partial charge < -0.3 is 0 Å². The van der Waals surface area contributed by atoms with E-state index in [1.165, 1.54) is 0 Å². The van der Waals surface area contributed by atoms with Crippen LogP contribution in [0.25, 0.3) is 0 Å². The van der Waals surface area contributed by atoms with E-state index in [-0.39, 0.29) is 16.5 Å². The Labute approximate surface area is 33.0 Å². The maximum absolute atomic E-state index is 6.62. The molecule has 0 aromatic carbocycles. The van der Waals surface area contributed by atoms with Crippen LogP contribution in [-0.2, 0) is 21.5 Å². The molecule has 0 rings (SSSR count). The van der Waals surface area contributed by atoms with Crippen LogP contribution in [0.1, 0.15) is 0 Å². The summed E-state index contributed by atoms with van der Waals surface area (Å²) in [5, 5.41) is 15.5. The first-order valence-electron chi connectivity index (χ1n) is 0.365. The topological polar surface area (TPSA) is 49.7 Å². The number of hydrogen-bond acceptors (Lipinski definition) is 3. The van der Waals surface area contributed by atoms with Gasteiger partial charge in [-0.2, -0.15) is 0 Å². The van der Waals surface area contributed by atoms with Gasteiger partial charge in [0.2, 0.25) is 0 Å². The van der Waals surface area contributed by atoms with Gasteiger partial charge in [-0.05, 0) is 0 Å². The van der Waals surface area contributed by atoms with Crippen LogP contribution in [0.15, 0.2) is 0 Å². The zero-order valence-corrected chi connectivity index (χ0v) is 2.61. The molecule has 2 N–H and O–H groups in total. The molecule has 0 aromatic heterocycles. The summed E-state index contributed by atoms with van der Waals surface area (Å²) in [6.45, 7) is 0. The van der Waals surface area contributed by atoms with Gasteiger partial charge in [-0.3, -0.25) is 0 Å². The zero-order chi connectivity index (χ0) is 2.71. The van der Waals surface area contributed by atoms with Gasteiger partial charge >= 0.3 is 16.5 Å². The standard InChI is InChI=1S/Ni.H2O3/c;1-3-2/h;1-2H/q+2;. The molecule has 0 fully saturated rings. The first-order chi connectivity index (χ1) is 1.41. The average molecular weight is 109 g/mol. The quantitative estimate of drug-likeness (QED) is 0.260. The van der Waals surface area contributed by atoms with Crippen LogP contribution < -0.4 is 0 Å². The number of hydrogen-bond donors (Lipinski definition) is 2. The molecule has 0 aliphatic carbocycles. The Morgan fingerprint density at radius 1 is 1.25 bits per heavy atom. The first-order valence-corrected chi connectivity index (χ1v) is 0.365. The third-order valence-corrected chi connectivity index (χ3v) is 0. The van der Waals surface area contributed by atoms with Crippen LogP contribution in [-0.4, -0.2) is 10.5 Å². The van der Waals surface area contributed by atoms with E-state index in [1.807, 2.05) is 0 Å². The molecule has 28 valence electrons. The fraction of sp³-hybridized carbons (Fsp3) is 0. The largest absolute Gasteiger partial charge is 2.00 e. The summed E-state index contributed by atoms with van der Waals surface area (Å²) in [6.07, 6.45) is 0. The molecule has 4 heavy (non-hydrogen) atoms. The molecule has 0 aliphatic heterocycles. The Hall–Kier alpha value is 0.374. The molecule has 0 radical (unpaired) electrons. The van der Waals surface area contributed by atoms with Gasteiger partial charge in [-0.1, -0.05) is 5.04 Å². The van der Waals surface area contributed by atoms with E-state index in [2.05, 4.69) is 5.04 Å². The summed E-state index contributed by atoms with van der Waals surface area (Å²) >= 11 is 0. The van der Waals surface area contributed by atoms with E-state index >= 15 is 0 Å². The summed E-state index contributed by atoms with van der Waals surface area (Å²) in [6, 6.07) is 0. The van der Waals surface area contributed by atoms with Crippen molar-refractivity contribution in [3.63, 3.8) is 0 Å². The normalized spacial score (nSPS) is 4.50. The maximum Gasteiger partial charge on any atom is 2.00 e.